The molecule has 1 heterocycles. The van der Waals surface area contributed by atoms with Gasteiger partial charge >= 0.3 is 5.97 Å². The highest BCUT2D eigenvalue weighted by atomic mass is 16.4. The van der Waals surface area contributed by atoms with Gasteiger partial charge in [0.25, 0.3) is 5.56 Å². The fraction of sp³-hybridized carbons (Fsp3) is 0.250. The van der Waals surface area contributed by atoms with E-state index in [0.717, 1.165) is 4.68 Å². The standard InChI is InChI=1S/C20H20N4O4/c1-12(2)17(24-19(26)14-10-6-7-11-15(14)22-23-24)18(25)21-16(20(27)28)13-8-4-3-5-9-13/h3-12,16-17H,1-2H3,(H,21,25)(H,27,28). The lowest BCUT2D eigenvalue weighted by Crippen LogP contribution is -2.44. The number of carboxylic acids is 1. The molecule has 2 aromatic carbocycles. The molecular formula is C20H20N4O4. The van der Waals surface area contributed by atoms with Gasteiger partial charge < -0.3 is 10.4 Å². The number of carbonyl (C=O) groups is 2. The number of hydrogen-bond donors (Lipinski definition) is 2. The zero-order valence-corrected chi connectivity index (χ0v) is 15.4. The maximum absolute atomic E-state index is 13.0. The Morgan fingerprint density at radius 1 is 1.04 bits per heavy atom. The highest BCUT2D eigenvalue weighted by molar-refractivity contribution is 5.87. The number of nitrogens with zero attached hydrogens (tertiary/aromatic N) is 3. The maximum atomic E-state index is 13.0. The minimum atomic E-state index is -1.24. The molecule has 0 fully saturated rings. The van der Waals surface area contributed by atoms with E-state index >= 15 is 0 Å². The van der Waals surface area contributed by atoms with Gasteiger partial charge in [-0.1, -0.05) is 61.5 Å². The number of hydrogen-bond acceptors (Lipinski definition) is 5. The van der Waals surface area contributed by atoms with Crippen LogP contribution in [0.4, 0.5) is 0 Å². The zero-order chi connectivity index (χ0) is 20.3. The largest absolute Gasteiger partial charge is 0.479 e. The summed E-state index contributed by atoms with van der Waals surface area (Å²) in [6.45, 7) is 3.51. The van der Waals surface area contributed by atoms with E-state index in [2.05, 4.69) is 15.6 Å². The van der Waals surface area contributed by atoms with Crippen LogP contribution in [0.1, 0.15) is 31.5 Å². The Bertz CT molecular complexity index is 1060. The van der Waals surface area contributed by atoms with E-state index < -0.39 is 29.5 Å². The molecule has 0 bridgehead atoms. The van der Waals surface area contributed by atoms with Crippen LogP contribution in [0.25, 0.3) is 10.9 Å². The lowest BCUT2D eigenvalue weighted by atomic mass is 10.0. The summed E-state index contributed by atoms with van der Waals surface area (Å²) in [5.41, 5.74) is 0.410. The van der Waals surface area contributed by atoms with Gasteiger partial charge in [-0.25, -0.2) is 4.79 Å². The average Bonchev–Trinajstić information content (AvgIpc) is 2.68. The summed E-state index contributed by atoms with van der Waals surface area (Å²) in [5.74, 6) is -2.13. The Morgan fingerprint density at radius 2 is 1.68 bits per heavy atom. The quantitative estimate of drug-likeness (QED) is 0.675. The molecule has 1 amide bonds. The van der Waals surface area contributed by atoms with Gasteiger partial charge in [0.05, 0.1) is 5.39 Å². The summed E-state index contributed by atoms with van der Waals surface area (Å²) >= 11 is 0. The Hall–Kier alpha value is -3.55. The summed E-state index contributed by atoms with van der Waals surface area (Å²) in [4.78, 5) is 37.5. The van der Waals surface area contributed by atoms with E-state index in [1.807, 2.05) is 0 Å². The van der Waals surface area contributed by atoms with Gasteiger partial charge in [-0.2, -0.15) is 4.68 Å². The Balaban J connectivity index is 1.98. The lowest BCUT2D eigenvalue weighted by Gasteiger charge is -2.23. The number of carboxylic acid groups (broad SMARTS) is 1. The second-order valence-corrected chi connectivity index (χ2v) is 6.74. The van der Waals surface area contributed by atoms with Gasteiger partial charge in [-0.3, -0.25) is 9.59 Å². The number of aromatic nitrogens is 3. The van der Waals surface area contributed by atoms with Crippen molar-refractivity contribution in [1.82, 2.24) is 20.3 Å². The first-order chi connectivity index (χ1) is 13.4. The molecule has 2 unspecified atom stereocenters. The highest BCUT2D eigenvalue weighted by Gasteiger charge is 2.31. The van der Waals surface area contributed by atoms with Gasteiger partial charge in [0.2, 0.25) is 5.91 Å². The summed E-state index contributed by atoms with van der Waals surface area (Å²) < 4.78 is 1.02. The first kappa shape index (κ1) is 19.2. The van der Waals surface area contributed by atoms with Gasteiger partial charge in [0.1, 0.15) is 11.6 Å². The van der Waals surface area contributed by atoms with E-state index in [-0.39, 0.29) is 5.92 Å². The molecule has 0 saturated carbocycles. The topological polar surface area (TPSA) is 114 Å². The summed E-state index contributed by atoms with van der Waals surface area (Å²) in [5, 5.41) is 20.4. The Kier molecular flexibility index (Phi) is 5.49. The molecular weight excluding hydrogens is 360 g/mol. The zero-order valence-electron chi connectivity index (χ0n) is 15.4. The summed E-state index contributed by atoms with van der Waals surface area (Å²) in [7, 11) is 0. The third-order valence-electron chi connectivity index (χ3n) is 4.42. The third kappa shape index (κ3) is 3.75. The van der Waals surface area contributed by atoms with Gasteiger partial charge in [0, 0.05) is 0 Å². The molecule has 0 radical (unpaired) electrons. The molecule has 3 rings (SSSR count). The van der Waals surface area contributed by atoms with Crippen LogP contribution in [0.3, 0.4) is 0 Å². The van der Waals surface area contributed by atoms with Crippen molar-refractivity contribution in [3.8, 4) is 0 Å². The van der Waals surface area contributed by atoms with Crippen LogP contribution in [0, 0.1) is 5.92 Å². The number of aliphatic carboxylic acids is 1. The molecule has 0 saturated heterocycles. The SMILES string of the molecule is CC(C)C(C(=O)NC(C(=O)O)c1ccccc1)n1nnc2ccccc2c1=O. The fourth-order valence-electron chi connectivity index (χ4n) is 3.04. The Morgan fingerprint density at radius 3 is 2.32 bits per heavy atom. The van der Waals surface area contributed by atoms with Crippen molar-refractivity contribution in [2.75, 3.05) is 0 Å². The van der Waals surface area contributed by atoms with Crippen LogP contribution < -0.4 is 10.9 Å². The smallest absolute Gasteiger partial charge is 0.330 e. The highest BCUT2D eigenvalue weighted by Crippen LogP contribution is 2.19. The van der Waals surface area contributed by atoms with E-state index in [4.69, 9.17) is 0 Å². The molecule has 0 aliphatic rings. The number of nitrogens with one attached hydrogen (secondary N) is 1. The molecule has 144 valence electrons. The van der Waals surface area contributed by atoms with Crippen molar-refractivity contribution in [2.24, 2.45) is 5.92 Å². The monoisotopic (exact) mass is 380 g/mol. The van der Waals surface area contributed by atoms with Crippen LogP contribution in [0.15, 0.2) is 59.4 Å². The first-order valence-electron chi connectivity index (χ1n) is 8.82. The van der Waals surface area contributed by atoms with Crippen molar-refractivity contribution < 1.29 is 14.7 Å². The maximum Gasteiger partial charge on any atom is 0.330 e. The molecule has 0 aliphatic carbocycles. The van der Waals surface area contributed by atoms with Gasteiger partial charge in [-0.15, -0.1) is 5.10 Å². The van der Waals surface area contributed by atoms with E-state index in [0.29, 0.717) is 16.5 Å². The second-order valence-electron chi connectivity index (χ2n) is 6.74. The van der Waals surface area contributed by atoms with Crippen molar-refractivity contribution in [1.29, 1.82) is 0 Å². The first-order valence-corrected chi connectivity index (χ1v) is 8.82. The van der Waals surface area contributed by atoms with E-state index in [9.17, 15) is 19.5 Å². The minimum Gasteiger partial charge on any atom is -0.479 e. The average molecular weight is 380 g/mol. The van der Waals surface area contributed by atoms with Crippen molar-refractivity contribution in [3.05, 3.63) is 70.5 Å². The van der Waals surface area contributed by atoms with Crippen LogP contribution in [0.5, 0.6) is 0 Å². The fourth-order valence-corrected chi connectivity index (χ4v) is 3.04. The number of benzene rings is 2. The third-order valence-corrected chi connectivity index (χ3v) is 4.42. The van der Waals surface area contributed by atoms with Crippen LogP contribution in [0.2, 0.25) is 0 Å². The molecule has 2 N–H and O–H groups in total. The van der Waals surface area contributed by atoms with Crippen molar-refractivity contribution >= 4 is 22.8 Å². The van der Waals surface area contributed by atoms with Crippen molar-refractivity contribution in [2.45, 2.75) is 25.9 Å². The predicted molar refractivity (Wildman–Crippen MR) is 103 cm³/mol. The van der Waals surface area contributed by atoms with Crippen LogP contribution in [-0.2, 0) is 9.59 Å². The Labute approximate surface area is 160 Å². The number of fused-ring (bicyclic) bond motifs is 1. The number of rotatable bonds is 6. The second kappa shape index (κ2) is 7.99. The lowest BCUT2D eigenvalue weighted by molar-refractivity contribution is -0.143. The van der Waals surface area contributed by atoms with Crippen molar-refractivity contribution in [3.63, 3.8) is 0 Å². The summed E-state index contributed by atoms with van der Waals surface area (Å²) in [6.07, 6.45) is 0. The predicted octanol–water partition coefficient (Wildman–Crippen LogP) is 1.93. The molecule has 8 heteroatoms. The normalized spacial score (nSPS) is 13.2. The molecule has 0 aliphatic heterocycles. The van der Waals surface area contributed by atoms with E-state index in [1.54, 1.807) is 68.4 Å². The van der Waals surface area contributed by atoms with E-state index in [1.165, 1.54) is 0 Å². The number of carbonyl (C=O) groups excluding carboxylic acids is 1. The van der Waals surface area contributed by atoms with Crippen LogP contribution >= 0.6 is 0 Å². The minimum absolute atomic E-state index is 0.321. The molecule has 8 nitrogen and oxygen atoms in total. The molecule has 0 spiro atoms. The van der Waals surface area contributed by atoms with Gasteiger partial charge in [0.15, 0.2) is 6.04 Å². The number of amides is 1. The summed E-state index contributed by atoms with van der Waals surface area (Å²) in [6, 6.07) is 12.8. The molecule has 1 aromatic heterocycles. The molecule has 2 atom stereocenters. The van der Waals surface area contributed by atoms with Gasteiger partial charge in [-0.05, 0) is 23.6 Å². The molecule has 28 heavy (non-hydrogen) atoms. The molecule has 3 aromatic rings. The van der Waals surface area contributed by atoms with Crippen LogP contribution in [-0.4, -0.2) is 32.0 Å².